The minimum Gasteiger partial charge on any atom is -0.744 e. The van der Waals surface area contributed by atoms with E-state index >= 15 is 0 Å². The van der Waals surface area contributed by atoms with Gasteiger partial charge in [-0.2, -0.15) is 13.0 Å². The number of hydrogen-bond donors (Lipinski definition) is 1. The third-order valence-corrected chi connectivity index (χ3v) is 13.0. The molecular formula is C40H39ClN2O6S2. The molecule has 0 amide bonds. The van der Waals surface area contributed by atoms with Crippen LogP contribution in [0.1, 0.15) is 58.1 Å². The lowest BCUT2D eigenvalue weighted by atomic mass is 9.78. The minimum absolute atomic E-state index is 0.127. The number of nitrogens with zero attached hydrogens (tertiary/aromatic N) is 2. The SMILES string of the molecule is CN1C(=CC=C2CCCC(C=CC3=[N+](C)c4ccc5cc(S(=O)(=O)O)ccc5c4C3(C)C)=C2Cl)C(C)(C)c2c1ccc1cc(S(=O)(=O)[O-])ccc21. The van der Waals surface area contributed by atoms with Gasteiger partial charge in [0.05, 0.1) is 15.2 Å². The Labute approximate surface area is 304 Å². The highest BCUT2D eigenvalue weighted by Gasteiger charge is 2.44. The Kier molecular flexibility index (Phi) is 8.32. The van der Waals surface area contributed by atoms with Crippen molar-refractivity contribution in [3.63, 3.8) is 0 Å². The number of rotatable bonds is 5. The molecule has 1 aliphatic carbocycles. The van der Waals surface area contributed by atoms with Gasteiger partial charge in [-0.3, -0.25) is 4.55 Å². The van der Waals surface area contributed by atoms with Gasteiger partial charge in [0.15, 0.2) is 5.71 Å². The summed E-state index contributed by atoms with van der Waals surface area (Å²) in [6.45, 7) is 8.61. The van der Waals surface area contributed by atoms with Crippen LogP contribution in [0, 0.1) is 0 Å². The van der Waals surface area contributed by atoms with Crippen molar-refractivity contribution in [1.82, 2.24) is 0 Å². The van der Waals surface area contributed by atoms with Crippen molar-refractivity contribution in [3.05, 3.63) is 118 Å². The van der Waals surface area contributed by atoms with Crippen molar-refractivity contribution >= 4 is 70.5 Å². The predicted molar refractivity (Wildman–Crippen MR) is 203 cm³/mol. The molecule has 0 atom stereocenters. The summed E-state index contributed by atoms with van der Waals surface area (Å²) in [6.07, 6.45) is 11.1. The van der Waals surface area contributed by atoms with Crippen molar-refractivity contribution in [1.29, 1.82) is 0 Å². The second-order valence-corrected chi connectivity index (χ2v) is 17.8. The molecule has 0 saturated heterocycles. The Morgan fingerprint density at radius 3 is 2.12 bits per heavy atom. The van der Waals surface area contributed by atoms with Crippen LogP contribution in [0.5, 0.6) is 0 Å². The molecule has 4 aromatic carbocycles. The van der Waals surface area contributed by atoms with Gasteiger partial charge in [-0.15, -0.1) is 0 Å². The van der Waals surface area contributed by atoms with Gasteiger partial charge in [0.25, 0.3) is 10.1 Å². The number of hydrogen-bond acceptors (Lipinski definition) is 6. The van der Waals surface area contributed by atoms with Gasteiger partial charge in [-0.1, -0.05) is 55.8 Å². The third kappa shape index (κ3) is 5.77. The van der Waals surface area contributed by atoms with Crippen LogP contribution in [0.3, 0.4) is 0 Å². The van der Waals surface area contributed by atoms with E-state index in [0.717, 1.165) is 85.5 Å². The number of fused-ring (bicyclic) bond motifs is 6. The van der Waals surface area contributed by atoms with Crippen molar-refractivity contribution < 1.29 is 30.5 Å². The lowest BCUT2D eigenvalue weighted by Gasteiger charge is -2.25. The van der Waals surface area contributed by atoms with Crippen molar-refractivity contribution in [2.45, 2.75) is 67.6 Å². The molecule has 0 aromatic heterocycles. The summed E-state index contributed by atoms with van der Waals surface area (Å²) in [5, 5.41) is 4.03. The van der Waals surface area contributed by atoms with E-state index < -0.39 is 31.1 Å². The van der Waals surface area contributed by atoms with Gasteiger partial charge >= 0.3 is 0 Å². The van der Waals surface area contributed by atoms with Crippen LogP contribution in [0.15, 0.2) is 117 Å². The third-order valence-electron chi connectivity index (χ3n) is 10.8. The zero-order chi connectivity index (χ0) is 36.8. The van der Waals surface area contributed by atoms with Crippen LogP contribution < -0.4 is 4.90 Å². The Balaban J connectivity index is 1.21. The molecule has 0 saturated carbocycles. The largest absolute Gasteiger partial charge is 0.744 e. The quantitative estimate of drug-likeness (QED) is 0.161. The molecule has 264 valence electrons. The fourth-order valence-corrected chi connectivity index (χ4v) is 9.68. The zero-order valence-corrected chi connectivity index (χ0v) is 31.7. The second-order valence-electron chi connectivity index (χ2n) is 14.6. The number of benzene rings is 4. The normalized spacial score (nSPS) is 20.5. The van der Waals surface area contributed by atoms with Crippen molar-refractivity contribution in [3.8, 4) is 0 Å². The lowest BCUT2D eigenvalue weighted by molar-refractivity contribution is -0.401. The highest BCUT2D eigenvalue weighted by atomic mass is 35.5. The first kappa shape index (κ1) is 35.3. The number of allylic oxidation sites excluding steroid dienone is 8. The molecule has 2 aliphatic heterocycles. The summed E-state index contributed by atoms with van der Waals surface area (Å²) in [7, 11) is -4.82. The average molecular weight is 743 g/mol. The molecule has 0 spiro atoms. The summed E-state index contributed by atoms with van der Waals surface area (Å²) in [4.78, 5) is 1.79. The van der Waals surface area contributed by atoms with E-state index in [4.69, 9.17) is 11.6 Å². The molecule has 0 bridgehead atoms. The number of anilines is 1. The fraction of sp³-hybridized carbons (Fsp3) is 0.275. The molecule has 8 nitrogen and oxygen atoms in total. The van der Waals surface area contributed by atoms with Crippen LogP contribution in [0.25, 0.3) is 21.5 Å². The number of likely N-dealkylation sites (N-methyl/N-ethyl adjacent to an activating group) is 1. The molecule has 0 unspecified atom stereocenters. The Hall–Kier alpha value is -4.06. The van der Waals surface area contributed by atoms with Gasteiger partial charge in [0, 0.05) is 46.6 Å². The van der Waals surface area contributed by atoms with Crippen molar-refractivity contribution in [2.24, 2.45) is 0 Å². The Morgan fingerprint density at radius 2 is 1.45 bits per heavy atom. The first-order chi connectivity index (χ1) is 23.8. The van der Waals surface area contributed by atoms with Crippen LogP contribution in [0.4, 0.5) is 11.4 Å². The Morgan fingerprint density at radius 1 is 0.824 bits per heavy atom. The van der Waals surface area contributed by atoms with Crippen LogP contribution in [-0.4, -0.2) is 50.3 Å². The number of halogens is 1. The molecule has 51 heavy (non-hydrogen) atoms. The van der Waals surface area contributed by atoms with Gasteiger partial charge in [0.1, 0.15) is 17.2 Å². The smallest absolute Gasteiger partial charge is 0.294 e. The maximum absolute atomic E-state index is 11.8. The first-order valence-electron chi connectivity index (χ1n) is 16.7. The van der Waals surface area contributed by atoms with E-state index in [1.54, 1.807) is 12.1 Å². The standard InChI is InChI=1S/C40H39ClN2O6S2/c1-39(2)34(42(5)32-18-10-26-22-28(50(44,45)46)14-16-30(26)36(32)39)20-12-24-8-7-9-25(38(24)41)13-21-35-40(3,4)37-31-17-15-29(51(47,48)49)23-27(31)11-19-33(37)43(35)6/h10-23H,7-9H2,1-6H3,(H-,44,45,46,47,48,49). The van der Waals surface area contributed by atoms with Gasteiger partial charge in [-0.05, 0) is 114 Å². The lowest BCUT2D eigenvalue weighted by Crippen LogP contribution is -2.27. The second kappa shape index (κ2) is 12.0. The highest BCUT2D eigenvalue weighted by molar-refractivity contribution is 7.86. The molecule has 11 heteroatoms. The van der Waals surface area contributed by atoms with E-state index in [9.17, 15) is 25.9 Å². The summed E-state index contributed by atoms with van der Waals surface area (Å²) in [6, 6.07) is 17.0. The summed E-state index contributed by atoms with van der Waals surface area (Å²) < 4.78 is 70.4. The zero-order valence-electron chi connectivity index (χ0n) is 29.3. The van der Waals surface area contributed by atoms with Gasteiger partial charge < -0.3 is 9.45 Å². The van der Waals surface area contributed by atoms with E-state index in [0.29, 0.717) is 5.39 Å². The first-order valence-corrected chi connectivity index (χ1v) is 20.0. The van der Waals surface area contributed by atoms with Gasteiger partial charge in [0.2, 0.25) is 5.69 Å². The fourth-order valence-electron chi connectivity index (χ4n) is 8.34. The van der Waals surface area contributed by atoms with E-state index in [1.807, 2.05) is 38.4 Å². The minimum atomic E-state index is -4.56. The average Bonchev–Trinajstić information content (AvgIpc) is 3.38. The molecule has 1 N–H and O–H groups in total. The Bertz CT molecular complexity index is 2590. The summed E-state index contributed by atoms with van der Waals surface area (Å²) in [5.41, 5.74) is 7.69. The topological polar surface area (TPSA) is 118 Å². The van der Waals surface area contributed by atoms with Gasteiger partial charge in [-0.25, -0.2) is 8.42 Å². The van der Waals surface area contributed by atoms with Crippen LogP contribution >= 0.6 is 11.6 Å². The molecule has 0 fully saturated rings. The molecule has 4 aromatic rings. The molecule has 0 radical (unpaired) electrons. The van der Waals surface area contributed by atoms with Crippen LogP contribution in [0.2, 0.25) is 0 Å². The monoisotopic (exact) mass is 742 g/mol. The molecule has 3 aliphatic rings. The van der Waals surface area contributed by atoms with E-state index in [1.165, 1.54) is 24.3 Å². The maximum Gasteiger partial charge on any atom is 0.294 e. The maximum atomic E-state index is 11.8. The summed E-state index contributed by atoms with van der Waals surface area (Å²) in [5.74, 6) is 0. The predicted octanol–water partition coefficient (Wildman–Crippen LogP) is 8.62. The van der Waals surface area contributed by atoms with Crippen LogP contribution in [-0.2, 0) is 31.1 Å². The van der Waals surface area contributed by atoms with E-state index in [2.05, 4.69) is 61.5 Å². The highest BCUT2D eigenvalue weighted by Crippen LogP contribution is 2.50. The van der Waals surface area contributed by atoms with Crippen molar-refractivity contribution in [2.75, 3.05) is 19.0 Å². The van der Waals surface area contributed by atoms with E-state index in [-0.39, 0.29) is 9.79 Å². The molecular weight excluding hydrogens is 704 g/mol. The summed E-state index contributed by atoms with van der Waals surface area (Å²) >= 11 is 7.12. The molecule has 2 heterocycles. The molecule has 7 rings (SSSR count).